The van der Waals surface area contributed by atoms with Gasteiger partial charge >= 0.3 is 0 Å². The Bertz CT molecular complexity index is 581. The van der Waals surface area contributed by atoms with Gasteiger partial charge in [-0.05, 0) is 37.0 Å². The van der Waals surface area contributed by atoms with Gasteiger partial charge in [-0.15, -0.1) is 0 Å². The molecular formula is C14H23N3O3S. The van der Waals surface area contributed by atoms with Crippen LogP contribution < -0.4 is 11.1 Å². The third kappa shape index (κ3) is 3.87. The summed E-state index contributed by atoms with van der Waals surface area (Å²) in [5, 5.41) is 3.25. The summed E-state index contributed by atoms with van der Waals surface area (Å²) in [5.74, 6) is 0.437. The number of hydrogen-bond acceptors (Lipinski definition) is 5. The molecule has 0 aromatic heterocycles. The molecule has 0 spiro atoms. The van der Waals surface area contributed by atoms with Crippen molar-refractivity contribution in [2.24, 2.45) is 5.92 Å². The first-order valence-electron chi connectivity index (χ1n) is 7.05. The molecule has 6 nitrogen and oxygen atoms in total. The molecule has 118 valence electrons. The lowest BCUT2D eigenvalue weighted by Gasteiger charge is -2.23. The van der Waals surface area contributed by atoms with Gasteiger partial charge in [0.2, 0.25) is 10.0 Å². The summed E-state index contributed by atoms with van der Waals surface area (Å²) in [6.07, 6.45) is 2.18. The smallest absolute Gasteiger partial charge is 0.242 e. The van der Waals surface area contributed by atoms with Gasteiger partial charge in [0.25, 0.3) is 0 Å². The lowest BCUT2D eigenvalue weighted by molar-refractivity contribution is 0.0595. The number of nitrogens with one attached hydrogen (secondary N) is 1. The largest absolute Gasteiger partial charge is 0.397 e. The molecule has 1 heterocycles. The molecule has 1 atom stereocenters. The van der Waals surface area contributed by atoms with Gasteiger partial charge in [0.15, 0.2) is 0 Å². The Labute approximate surface area is 126 Å². The second-order valence-electron chi connectivity index (χ2n) is 5.50. The molecule has 0 amide bonds. The van der Waals surface area contributed by atoms with E-state index in [4.69, 9.17) is 10.5 Å². The summed E-state index contributed by atoms with van der Waals surface area (Å²) in [6.45, 7) is 2.30. The van der Waals surface area contributed by atoms with Crippen molar-refractivity contribution < 1.29 is 13.2 Å². The van der Waals surface area contributed by atoms with Crippen LogP contribution in [0.4, 0.5) is 11.4 Å². The minimum atomic E-state index is -3.45. The summed E-state index contributed by atoms with van der Waals surface area (Å²) in [7, 11) is -0.422. The first-order valence-corrected chi connectivity index (χ1v) is 8.49. The minimum absolute atomic E-state index is 0.240. The highest BCUT2D eigenvalue weighted by Gasteiger charge is 2.19. The van der Waals surface area contributed by atoms with E-state index in [9.17, 15) is 8.42 Å². The van der Waals surface area contributed by atoms with Crippen molar-refractivity contribution in [1.82, 2.24) is 4.31 Å². The van der Waals surface area contributed by atoms with Gasteiger partial charge in [0, 0.05) is 27.2 Å². The number of hydrogen-bond donors (Lipinski definition) is 2. The average molecular weight is 313 g/mol. The van der Waals surface area contributed by atoms with E-state index >= 15 is 0 Å². The predicted molar refractivity (Wildman–Crippen MR) is 83.8 cm³/mol. The molecule has 0 saturated carbocycles. The molecule has 3 N–H and O–H groups in total. The second-order valence-corrected chi connectivity index (χ2v) is 7.65. The van der Waals surface area contributed by atoms with Gasteiger partial charge in [0.05, 0.1) is 22.9 Å². The van der Waals surface area contributed by atoms with Crippen LogP contribution in [0.3, 0.4) is 0 Å². The Morgan fingerprint density at radius 3 is 2.81 bits per heavy atom. The van der Waals surface area contributed by atoms with Crippen LogP contribution in [0.25, 0.3) is 0 Å². The number of benzene rings is 1. The summed E-state index contributed by atoms with van der Waals surface area (Å²) >= 11 is 0. The molecule has 1 saturated heterocycles. The quantitative estimate of drug-likeness (QED) is 0.802. The third-order valence-corrected chi connectivity index (χ3v) is 5.45. The number of rotatable bonds is 5. The summed E-state index contributed by atoms with van der Waals surface area (Å²) < 4.78 is 30.9. The van der Waals surface area contributed by atoms with Crippen LogP contribution in [0.5, 0.6) is 0 Å². The van der Waals surface area contributed by atoms with Gasteiger partial charge in [-0.2, -0.15) is 0 Å². The van der Waals surface area contributed by atoms with Crippen molar-refractivity contribution in [3.05, 3.63) is 18.2 Å². The molecule has 7 heteroatoms. The first kappa shape index (κ1) is 16.1. The van der Waals surface area contributed by atoms with E-state index in [1.165, 1.54) is 24.5 Å². The fourth-order valence-electron chi connectivity index (χ4n) is 2.28. The van der Waals surface area contributed by atoms with Crippen molar-refractivity contribution >= 4 is 21.4 Å². The van der Waals surface area contributed by atoms with Gasteiger partial charge in [-0.25, -0.2) is 12.7 Å². The summed E-state index contributed by atoms with van der Waals surface area (Å²) in [6, 6.07) is 4.74. The van der Waals surface area contributed by atoms with Crippen molar-refractivity contribution in [3.63, 3.8) is 0 Å². The number of sulfonamides is 1. The highest BCUT2D eigenvalue weighted by molar-refractivity contribution is 7.89. The normalized spacial score (nSPS) is 19.7. The van der Waals surface area contributed by atoms with E-state index in [0.29, 0.717) is 17.3 Å². The van der Waals surface area contributed by atoms with Crippen LogP contribution in [0.2, 0.25) is 0 Å². The molecule has 2 rings (SSSR count). The highest BCUT2D eigenvalue weighted by atomic mass is 32.2. The van der Waals surface area contributed by atoms with Crippen LogP contribution in [-0.4, -0.2) is 46.6 Å². The Balaban J connectivity index is 2.12. The molecule has 1 aliphatic rings. The molecule has 21 heavy (non-hydrogen) atoms. The number of nitrogens with two attached hydrogens (primary N) is 1. The zero-order chi connectivity index (χ0) is 15.5. The number of ether oxygens (including phenoxy) is 1. The SMILES string of the molecule is CN(C)S(=O)(=O)c1ccc(N)c(NCC2CCCOC2)c1. The summed E-state index contributed by atoms with van der Waals surface area (Å²) in [4.78, 5) is 0.240. The second kappa shape index (κ2) is 6.64. The van der Waals surface area contributed by atoms with E-state index in [1.54, 1.807) is 12.1 Å². The maximum Gasteiger partial charge on any atom is 0.242 e. The van der Waals surface area contributed by atoms with Crippen molar-refractivity contribution in [1.29, 1.82) is 0 Å². The molecule has 1 aromatic rings. The van der Waals surface area contributed by atoms with E-state index in [2.05, 4.69) is 5.32 Å². The number of nitrogens with zero attached hydrogens (tertiary/aromatic N) is 1. The average Bonchev–Trinajstić information content (AvgIpc) is 2.47. The molecule has 0 radical (unpaired) electrons. The van der Waals surface area contributed by atoms with Gasteiger partial charge < -0.3 is 15.8 Å². The minimum Gasteiger partial charge on any atom is -0.397 e. The first-order chi connectivity index (χ1) is 9.91. The van der Waals surface area contributed by atoms with Gasteiger partial charge in [0.1, 0.15) is 0 Å². The standard InChI is InChI=1S/C14H23N3O3S/c1-17(2)21(18,19)12-5-6-13(15)14(8-12)16-9-11-4-3-7-20-10-11/h5-6,8,11,16H,3-4,7,9-10,15H2,1-2H3. The maximum absolute atomic E-state index is 12.1. The van der Waals surface area contributed by atoms with Crippen LogP contribution in [0, 0.1) is 5.92 Å². The molecule has 1 aromatic carbocycles. The highest BCUT2D eigenvalue weighted by Crippen LogP contribution is 2.25. The Kier molecular flexibility index (Phi) is 5.08. The maximum atomic E-state index is 12.1. The number of anilines is 2. The Morgan fingerprint density at radius 2 is 2.19 bits per heavy atom. The molecule has 1 unspecified atom stereocenters. The lowest BCUT2D eigenvalue weighted by Crippen LogP contribution is -2.25. The van der Waals surface area contributed by atoms with Gasteiger partial charge in [-0.3, -0.25) is 0 Å². The van der Waals surface area contributed by atoms with E-state index in [1.807, 2.05) is 0 Å². The van der Waals surface area contributed by atoms with Crippen molar-refractivity contribution in [3.8, 4) is 0 Å². The van der Waals surface area contributed by atoms with Crippen LogP contribution in [0.15, 0.2) is 23.1 Å². The fraction of sp³-hybridized carbons (Fsp3) is 0.571. The fourth-order valence-corrected chi connectivity index (χ4v) is 3.21. The molecule has 1 fully saturated rings. The van der Waals surface area contributed by atoms with E-state index < -0.39 is 10.0 Å². The van der Waals surface area contributed by atoms with E-state index in [0.717, 1.165) is 32.6 Å². The number of nitrogen functional groups attached to an aromatic ring is 1. The molecule has 0 aliphatic carbocycles. The molecular weight excluding hydrogens is 290 g/mol. The molecule has 0 bridgehead atoms. The third-order valence-electron chi connectivity index (χ3n) is 3.64. The van der Waals surface area contributed by atoms with E-state index in [-0.39, 0.29) is 4.90 Å². The monoisotopic (exact) mass is 313 g/mol. The predicted octanol–water partition coefficient (Wildman–Crippen LogP) is 1.36. The summed E-state index contributed by atoms with van der Waals surface area (Å²) in [5.41, 5.74) is 7.12. The Morgan fingerprint density at radius 1 is 1.43 bits per heavy atom. The van der Waals surface area contributed by atoms with Crippen molar-refractivity contribution in [2.45, 2.75) is 17.7 Å². The van der Waals surface area contributed by atoms with Crippen molar-refractivity contribution in [2.75, 3.05) is 44.9 Å². The molecule has 1 aliphatic heterocycles. The lowest BCUT2D eigenvalue weighted by atomic mass is 10.0. The van der Waals surface area contributed by atoms with Crippen LogP contribution >= 0.6 is 0 Å². The van der Waals surface area contributed by atoms with Gasteiger partial charge in [-0.1, -0.05) is 0 Å². The Hall–Kier alpha value is -1.31. The zero-order valence-electron chi connectivity index (χ0n) is 12.5. The van der Waals surface area contributed by atoms with Crippen LogP contribution in [0.1, 0.15) is 12.8 Å². The van der Waals surface area contributed by atoms with Crippen LogP contribution in [-0.2, 0) is 14.8 Å². The zero-order valence-corrected chi connectivity index (χ0v) is 13.3. The topological polar surface area (TPSA) is 84.7 Å².